The van der Waals surface area contributed by atoms with Gasteiger partial charge in [0, 0.05) is 18.4 Å². The van der Waals surface area contributed by atoms with E-state index in [9.17, 15) is 19.2 Å². The summed E-state index contributed by atoms with van der Waals surface area (Å²) >= 11 is 0. The summed E-state index contributed by atoms with van der Waals surface area (Å²) < 4.78 is 10.2. The molecule has 0 saturated carbocycles. The molecule has 0 atom stereocenters. The molecule has 2 rings (SSSR count). The Morgan fingerprint density at radius 3 is 2.31 bits per heavy atom. The Morgan fingerprint density at radius 2 is 1.72 bits per heavy atom. The summed E-state index contributed by atoms with van der Waals surface area (Å²) in [7, 11) is 0. The number of Topliss-reactive ketones (excluding diaryl/α,β-unsaturated/α-hetero) is 1. The molecule has 8 heteroatoms. The van der Waals surface area contributed by atoms with Gasteiger partial charge in [0.05, 0.1) is 6.61 Å². The summed E-state index contributed by atoms with van der Waals surface area (Å²) in [5.74, 6) is -2.57. The number of anilines is 1. The number of amides is 2. The van der Waals surface area contributed by atoms with Crippen LogP contribution in [0.25, 0.3) is 0 Å². The quantitative estimate of drug-likeness (QED) is 0.517. The fourth-order valence-electron chi connectivity index (χ4n) is 2.79. The van der Waals surface area contributed by atoms with E-state index >= 15 is 0 Å². The van der Waals surface area contributed by atoms with Gasteiger partial charge in [-0.05, 0) is 44.9 Å². The number of nitrogens with one attached hydrogen (secondary N) is 1. The van der Waals surface area contributed by atoms with E-state index in [2.05, 4.69) is 5.32 Å². The molecule has 2 aromatic rings. The van der Waals surface area contributed by atoms with E-state index in [1.807, 2.05) is 19.9 Å². The highest BCUT2D eigenvalue weighted by molar-refractivity contribution is 6.10. The third-order valence-corrected chi connectivity index (χ3v) is 4.47. The number of hydrogen-bond donors (Lipinski definition) is 2. The highest BCUT2D eigenvalue weighted by atomic mass is 16.5. The van der Waals surface area contributed by atoms with Crippen molar-refractivity contribution in [3.05, 3.63) is 51.8 Å². The molecule has 0 spiro atoms. The summed E-state index contributed by atoms with van der Waals surface area (Å²) in [6.07, 6.45) is -0.150. The smallest absolute Gasteiger partial charge is 0.342 e. The molecule has 2 amide bonds. The molecular weight excluding hydrogens is 376 g/mol. The van der Waals surface area contributed by atoms with Gasteiger partial charge in [0.15, 0.2) is 5.78 Å². The Balaban J connectivity index is 2.11. The average molecular weight is 400 g/mol. The summed E-state index contributed by atoms with van der Waals surface area (Å²) in [5, 5.41) is 2.41. The molecule has 0 radical (unpaired) electrons. The van der Waals surface area contributed by atoms with Crippen molar-refractivity contribution in [1.82, 2.24) is 0 Å². The zero-order valence-electron chi connectivity index (χ0n) is 16.9. The maximum atomic E-state index is 12.3. The van der Waals surface area contributed by atoms with Crippen LogP contribution in [0.4, 0.5) is 5.88 Å². The van der Waals surface area contributed by atoms with Crippen LogP contribution in [0.5, 0.6) is 0 Å². The van der Waals surface area contributed by atoms with Gasteiger partial charge < -0.3 is 14.9 Å². The molecule has 3 N–H and O–H groups in total. The Kier molecular flexibility index (Phi) is 6.93. The number of hydrogen-bond acceptors (Lipinski definition) is 6. The van der Waals surface area contributed by atoms with E-state index < -0.39 is 17.8 Å². The lowest BCUT2D eigenvalue weighted by Crippen LogP contribution is -2.20. The zero-order chi connectivity index (χ0) is 21.7. The number of furan rings is 1. The molecule has 1 aromatic carbocycles. The monoisotopic (exact) mass is 400 g/mol. The second-order valence-corrected chi connectivity index (χ2v) is 6.59. The zero-order valence-corrected chi connectivity index (χ0v) is 16.9. The number of ketones is 1. The van der Waals surface area contributed by atoms with Crippen LogP contribution in [-0.4, -0.2) is 30.2 Å². The second kappa shape index (κ2) is 9.18. The number of ether oxygens (including phenoxy) is 1. The fraction of sp³-hybridized carbons (Fsp3) is 0.333. The third-order valence-electron chi connectivity index (χ3n) is 4.47. The van der Waals surface area contributed by atoms with Crippen LogP contribution in [-0.2, 0) is 9.53 Å². The first-order chi connectivity index (χ1) is 13.6. The van der Waals surface area contributed by atoms with Gasteiger partial charge in [-0.3, -0.25) is 19.7 Å². The summed E-state index contributed by atoms with van der Waals surface area (Å²) in [6.45, 7) is 7.03. The number of nitrogens with two attached hydrogens (primary N) is 1. The summed E-state index contributed by atoms with van der Waals surface area (Å²) in [5.41, 5.74) is 7.56. The molecule has 0 aliphatic carbocycles. The Labute approximate surface area is 168 Å². The third kappa shape index (κ3) is 5.10. The van der Waals surface area contributed by atoms with Crippen molar-refractivity contribution in [2.45, 2.75) is 40.5 Å². The van der Waals surface area contributed by atoms with Gasteiger partial charge in [-0.25, -0.2) is 4.79 Å². The highest BCUT2D eigenvalue weighted by Crippen LogP contribution is 2.28. The molecule has 0 aliphatic heterocycles. The molecular formula is C21H24N2O6. The van der Waals surface area contributed by atoms with E-state index in [1.165, 1.54) is 6.92 Å². The highest BCUT2D eigenvalue weighted by Gasteiger charge is 2.29. The summed E-state index contributed by atoms with van der Waals surface area (Å²) in [4.78, 5) is 48.5. The van der Waals surface area contributed by atoms with Crippen molar-refractivity contribution < 1.29 is 28.3 Å². The maximum Gasteiger partial charge on any atom is 0.342 e. The van der Waals surface area contributed by atoms with Crippen LogP contribution in [0.2, 0.25) is 0 Å². The minimum absolute atomic E-state index is 0.0232. The molecule has 0 bridgehead atoms. The lowest BCUT2D eigenvalue weighted by molar-refractivity contribution is -0.116. The lowest BCUT2D eigenvalue weighted by Gasteiger charge is -2.06. The number of benzene rings is 1. The van der Waals surface area contributed by atoms with Gasteiger partial charge in [-0.1, -0.05) is 12.1 Å². The lowest BCUT2D eigenvalue weighted by atomic mass is 10.0. The van der Waals surface area contributed by atoms with Crippen LogP contribution in [0.1, 0.15) is 67.7 Å². The number of carbonyl (C=O) groups excluding carboxylic acids is 4. The minimum atomic E-state index is -0.939. The number of esters is 1. The molecule has 1 heterocycles. The first kappa shape index (κ1) is 21.9. The predicted octanol–water partition coefficient (Wildman–Crippen LogP) is 3.08. The first-order valence-corrected chi connectivity index (χ1v) is 9.16. The van der Waals surface area contributed by atoms with E-state index in [-0.39, 0.29) is 48.0 Å². The molecule has 0 saturated heterocycles. The topological polar surface area (TPSA) is 129 Å². The van der Waals surface area contributed by atoms with Crippen molar-refractivity contribution in [3.8, 4) is 0 Å². The normalized spacial score (nSPS) is 10.5. The minimum Gasteiger partial charge on any atom is -0.462 e. The van der Waals surface area contributed by atoms with Gasteiger partial charge in [0.2, 0.25) is 11.8 Å². The van der Waals surface area contributed by atoms with E-state index in [4.69, 9.17) is 14.9 Å². The van der Waals surface area contributed by atoms with E-state index in [0.29, 0.717) is 5.56 Å². The van der Waals surface area contributed by atoms with Crippen LogP contribution in [0, 0.1) is 20.8 Å². The largest absolute Gasteiger partial charge is 0.462 e. The molecule has 154 valence electrons. The van der Waals surface area contributed by atoms with Crippen molar-refractivity contribution in [2.24, 2.45) is 5.73 Å². The first-order valence-electron chi connectivity index (χ1n) is 9.16. The molecule has 8 nitrogen and oxygen atoms in total. The summed E-state index contributed by atoms with van der Waals surface area (Å²) in [6, 6.07) is 5.35. The standard InChI is InChI=1S/C21H24N2O6/c1-5-28-21(27)17-13(4)29-20(18(17)19(22)26)23-16(25)9-8-15(24)14-7-6-11(2)12(3)10-14/h6-7,10H,5,8-9H2,1-4H3,(H2,22,26)(H,23,25). The van der Waals surface area contributed by atoms with E-state index in [0.717, 1.165) is 11.1 Å². The van der Waals surface area contributed by atoms with Gasteiger partial charge in [-0.15, -0.1) is 0 Å². The molecule has 0 aliphatic rings. The molecule has 0 unspecified atom stereocenters. The predicted molar refractivity (Wildman–Crippen MR) is 106 cm³/mol. The molecule has 1 aromatic heterocycles. The molecule has 0 fully saturated rings. The van der Waals surface area contributed by atoms with Crippen LogP contribution in [0.3, 0.4) is 0 Å². The van der Waals surface area contributed by atoms with Gasteiger partial charge in [0.1, 0.15) is 16.9 Å². The Morgan fingerprint density at radius 1 is 1.03 bits per heavy atom. The number of rotatable bonds is 8. The van der Waals surface area contributed by atoms with E-state index in [1.54, 1.807) is 19.1 Å². The molecule has 29 heavy (non-hydrogen) atoms. The fourth-order valence-corrected chi connectivity index (χ4v) is 2.79. The van der Waals surface area contributed by atoms with Gasteiger partial charge in [0.25, 0.3) is 5.91 Å². The average Bonchev–Trinajstić information content (AvgIpc) is 2.98. The number of aryl methyl sites for hydroxylation is 3. The Bertz CT molecular complexity index is 974. The van der Waals surface area contributed by atoms with Crippen molar-refractivity contribution in [1.29, 1.82) is 0 Å². The SMILES string of the molecule is CCOC(=O)c1c(C)oc(NC(=O)CCC(=O)c2ccc(C)c(C)c2)c1C(N)=O. The maximum absolute atomic E-state index is 12.3. The van der Waals surface area contributed by atoms with Crippen LogP contribution < -0.4 is 11.1 Å². The number of primary amides is 1. The Hall–Kier alpha value is -3.42. The van der Waals surface area contributed by atoms with Gasteiger partial charge >= 0.3 is 5.97 Å². The van der Waals surface area contributed by atoms with Crippen molar-refractivity contribution >= 4 is 29.5 Å². The van der Waals surface area contributed by atoms with Crippen LogP contribution in [0.15, 0.2) is 22.6 Å². The van der Waals surface area contributed by atoms with Crippen LogP contribution >= 0.6 is 0 Å². The van der Waals surface area contributed by atoms with Crippen molar-refractivity contribution in [3.63, 3.8) is 0 Å². The van der Waals surface area contributed by atoms with Crippen molar-refractivity contribution in [2.75, 3.05) is 11.9 Å². The second-order valence-electron chi connectivity index (χ2n) is 6.59. The van der Waals surface area contributed by atoms with Gasteiger partial charge in [-0.2, -0.15) is 0 Å². The number of carbonyl (C=O) groups is 4.